The Labute approximate surface area is 134 Å². The van der Waals surface area contributed by atoms with Crippen LogP contribution in [-0.4, -0.2) is 25.4 Å². The predicted octanol–water partition coefficient (Wildman–Crippen LogP) is 7.29. The molecule has 0 unspecified atom stereocenters. The molecule has 0 aromatic carbocycles. The molecule has 1 aliphatic rings. The smallest absolute Gasteiger partial charge is 0.257 e. The highest BCUT2D eigenvalue weighted by molar-refractivity contribution is 8.26. The van der Waals surface area contributed by atoms with E-state index in [0.717, 1.165) is 6.42 Å². The molecule has 0 aliphatic carbocycles. The van der Waals surface area contributed by atoms with E-state index in [0.29, 0.717) is 6.61 Å². The normalized spacial score (nSPS) is 22.7. The average molecular weight is 438 g/mol. The van der Waals surface area contributed by atoms with E-state index >= 15 is 0 Å². The maximum Gasteiger partial charge on any atom is 0.257 e. The molecule has 0 spiro atoms. The second-order valence-corrected chi connectivity index (χ2v) is 17.6. The third-order valence-corrected chi connectivity index (χ3v) is 13.6. The third-order valence-electron chi connectivity index (χ3n) is 1.15. The molecule has 0 radical (unpaired) electrons. The van der Waals surface area contributed by atoms with Crippen LogP contribution in [0.25, 0.3) is 0 Å². The molecule has 0 saturated heterocycles. The zero-order chi connectivity index (χ0) is 14.4. The van der Waals surface area contributed by atoms with Crippen molar-refractivity contribution < 1.29 is 9.84 Å². The molecule has 110 valence electrons. The Bertz CT molecular complexity index is 346. The summed E-state index contributed by atoms with van der Waals surface area (Å²) in [4.78, 5) is 0. The van der Waals surface area contributed by atoms with Gasteiger partial charge in [0.1, 0.15) is 0 Å². The lowest BCUT2D eigenvalue weighted by Gasteiger charge is -2.16. The maximum absolute atomic E-state index is 8.12. The van der Waals surface area contributed by atoms with Gasteiger partial charge in [-0.15, -0.1) is 0 Å². The fraction of sp³-hybridized carbons (Fsp3) is 1.00. The van der Waals surface area contributed by atoms with Crippen LogP contribution in [0.5, 0.6) is 0 Å². The Morgan fingerprint density at radius 2 is 1.22 bits per heavy atom. The Morgan fingerprint density at radius 3 is 1.39 bits per heavy atom. The van der Waals surface area contributed by atoms with Crippen molar-refractivity contribution in [3.63, 3.8) is 0 Å². The van der Waals surface area contributed by atoms with Gasteiger partial charge in [-0.2, -0.15) is 13.5 Å². The average Bonchev–Trinajstić information content (AvgIpc) is 2.07. The lowest BCUT2D eigenvalue weighted by molar-refractivity contribution is 0.166. The standard InChI is InChI=1S/C4H10O2.Cl6N3P3/c1-6-4-2-3-5;1-10(2)7-11(3,4)9-12(5,6)8-10/h5H,2-4H2,1H3;. The van der Waals surface area contributed by atoms with Crippen molar-refractivity contribution in [2.75, 3.05) is 20.3 Å². The summed E-state index contributed by atoms with van der Waals surface area (Å²) in [6, 6.07) is 0. The lowest BCUT2D eigenvalue weighted by Crippen LogP contribution is -1.90. The molecule has 0 saturated carbocycles. The summed E-state index contributed by atoms with van der Waals surface area (Å²) in [5.41, 5.74) is 0. The monoisotopic (exact) mass is 435 g/mol. The van der Waals surface area contributed by atoms with Gasteiger partial charge in [0, 0.05) is 20.3 Å². The number of nitrogens with zero attached hydrogens (tertiary/aromatic N) is 3. The molecular weight excluding hydrogens is 428 g/mol. The first-order chi connectivity index (χ1) is 8.04. The molecule has 1 heterocycles. The van der Waals surface area contributed by atoms with Gasteiger partial charge in [-0.25, -0.2) is 0 Å². The molecule has 1 N–H and O–H groups in total. The van der Waals surface area contributed by atoms with Crippen molar-refractivity contribution in [1.82, 2.24) is 0 Å². The molecule has 5 nitrogen and oxygen atoms in total. The van der Waals surface area contributed by atoms with Gasteiger partial charge in [-0.3, -0.25) is 0 Å². The minimum Gasteiger partial charge on any atom is -0.396 e. The van der Waals surface area contributed by atoms with Gasteiger partial charge >= 0.3 is 0 Å². The lowest BCUT2D eigenvalue weighted by atomic mass is 10.5. The first-order valence-electron chi connectivity index (χ1n) is 4.23. The molecule has 1 aliphatic heterocycles. The number of aliphatic hydroxyl groups is 1. The summed E-state index contributed by atoms with van der Waals surface area (Å²) in [7, 11) is 1.62. The number of aliphatic hydroxyl groups excluding tert-OH is 1. The van der Waals surface area contributed by atoms with Crippen molar-refractivity contribution in [3.05, 3.63) is 0 Å². The van der Waals surface area contributed by atoms with Gasteiger partial charge in [-0.05, 0) is 73.9 Å². The summed E-state index contributed by atoms with van der Waals surface area (Å²) in [5.74, 6) is -8.72. The molecule has 0 amide bonds. The van der Waals surface area contributed by atoms with Crippen LogP contribution in [0.4, 0.5) is 0 Å². The van der Waals surface area contributed by atoms with Crippen LogP contribution in [0.2, 0.25) is 0 Å². The van der Waals surface area contributed by atoms with E-state index in [9.17, 15) is 0 Å². The Morgan fingerprint density at radius 1 is 0.889 bits per heavy atom. The zero-order valence-electron chi connectivity index (χ0n) is 8.93. The molecular formula is C4H10Cl6N3O2P3. The van der Waals surface area contributed by atoms with Gasteiger partial charge < -0.3 is 9.84 Å². The molecule has 14 heteroatoms. The minimum absolute atomic E-state index is 0.230. The largest absolute Gasteiger partial charge is 0.396 e. The first-order valence-corrected chi connectivity index (χ1v) is 14.7. The van der Waals surface area contributed by atoms with Crippen LogP contribution in [0, 0.1) is 0 Å². The van der Waals surface area contributed by atoms with Crippen LogP contribution in [-0.2, 0) is 4.74 Å². The highest BCUT2D eigenvalue weighted by Crippen LogP contribution is 2.87. The van der Waals surface area contributed by atoms with Gasteiger partial charge in [0.25, 0.3) is 17.7 Å². The molecule has 18 heavy (non-hydrogen) atoms. The Hall–Kier alpha value is 2.35. The maximum atomic E-state index is 8.12. The Balaban J connectivity index is 0.000000411. The van der Waals surface area contributed by atoms with Gasteiger partial charge in [0.05, 0.1) is 0 Å². The van der Waals surface area contributed by atoms with Crippen LogP contribution < -0.4 is 0 Å². The van der Waals surface area contributed by atoms with Gasteiger partial charge in [0.2, 0.25) is 0 Å². The van der Waals surface area contributed by atoms with E-state index in [2.05, 4.69) is 18.3 Å². The number of methoxy groups -OCH3 is 1. The highest BCUT2D eigenvalue weighted by atomic mass is 35.9. The molecule has 1 rings (SSSR count). The molecule has 0 aromatic rings. The van der Waals surface area contributed by atoms with E-state index in [4.69, 9.17) is 72.6 Å². The topological polar surface area (TPSA) is 66.5 Å². The predicted molar refractivity (Wildman–Crippen MR) is 86.7 cm³/mol. The summed E-state index contributed by atoms with van der Waals surface area (Å²) < 4.78 is 15.6. The second-order valence-electron chi connectivity index (χ2n) is 2.71. The van der Waals surface area contributed by atoms with E-state index in [1.54, 1.807) is 7.11 Å². The highest BCUT2D eigenvalue weighted by Gasteiger charge is 2.30. The fourth-order valence-corrected chi connectivity index (χ4v) is 19.5. The fourth-order valence-electron chi connectivity index (χ4n) is 0.651. The van der Waals surface area contributed by atoms with Crippen molar-refractivity contribution in [1.29, 1.82) is 0 Å². The second kappa shape index (κ2) is 8.71. The number of ether oxygens (including phenoxy) is 1. The van der Waals surface area contributed by atoms with E-state index < -0.39 is 17.7 Å². The summed E-state index contributed by atoms with van der Waals surface area (Å²) in [6.45, 7) is 0.893. The van der Waals surface area contributed by atoms with Crippen LogP contribution in [0.1, 0.15) is 6.42 Å². The quantitative estimate of drug-likeness (QED) is 0.372. The van der Waals surface area contributed by atoms with Crippen LogP contribution in [0.3, 0.4) is 0 Å². The summed E-state index contributed by atoms with van der Waals surface area (Å²) in [5, 5.41) is 8.12. The first kappa shape index (κ1) is 20.3. The third kappa shape index (κ3) is 10.1. The van der Waals surface area contributed by atoms with E-state index in [1.807, 2.05) is 0 Å². The van der Waals surface area contributed by atoms with E-state index in [1.165, 1.54) is 0 Å². The Kier molecular flexibility index (Phi) is 9.85. The van der Waals surface area contributed by atoms with Gasteiger partial charge in [-0.1, -0.05) is 0 Å². The number of hydrogen-bond donors (Lipinski definition) is 1. The SMILES string of the molecule is COCCCO.ClP1(Cl)=NP(Cl)(Cl)=NP(Cl)(Cl)=N1. The van der Waals surface area contributed by atoms with Crippen LogP contribution >= 0.6 is 85.2 Å². The number of rotatable bonds is 3. The summed E-state index contributed by atoms with van der Waals surface area (Å²) in [6.07, 6.45) is 0.747. The van der Waals surface area contributed by atoms with Crippen molar-refractivity contribution in [2.45, 2.75) is 6.42 Å². The molecule has 0 atom stereocenters. The van der Waals surface area contributed by atoms with Crippen molar-refractivity contribution >= 4 is 85.2 Å². The number of halogens is 6. The molecule has 0 aromatic heterocycles. The molecule has 0 bridgehead atoms. The van der Waals surface area contributed by atoms with E-state index in [-0.39, 0.29) is 6.61 Å². The minimum atomic E-state index is -2.91. The zero-order valence-corrected chi connectivity index (χ0v) is 16.1. The molecule has 0 fully saturated rings. The van der Waals surface area contributed by atoms with Crippen molar-refractivity contribution in [2.24, 2.45) is 13.5 Å². The number of hydrogen-bond acceptors (Lipinski definition) is 5. The summed E-state index contributed by atoms with van der Waals surface area (Å²) >= 11 is 33.9. The van der Waals surface area contributed by atoms with Crippen molar-refractivity contribution in [3.8, 4) is 0 Å². The van der Waals surface area contributed by atoms with Gasteiger partial charge in [0.15, 0.2) is 0 Å². The van der Waals surface area contributed by atoms with Crippen LogP contribution in [0.15, 0.2) is 13.5 Å².